The zero-order valence-corrected chi connectivity index (χ0v) is 20.0. The van der Waals surface area contributed by atoms with Crippen LogP contribution in [-0.2, 0) is 19.7 Å². The molecule has 0 N–H and O–H groups in total. The van der Waals surface area contributed by atoms with Crippen molar-refractivity contribution in [2.24, 2.45) is 0 Å². The molecule has 33 heavy (non-hydrogen) atoms. The van der Waals surface area contributed by atoms with Crippen LogP contribution in [0.3, 0.4) is 0 Å². The summed E-state index contributed by atoms with van der Waals surface area (Å²) in [6.07, 6.45) is 2.75. The average molecular weight is 482 g/mol. The molecule has 6 nitrogen and oxygen atoms in total. The fourth-order valence-corrected chi connectivity index (χ4v) is 5.48. The molecule has 170 valence electrons. The fraction of sp³-hybridized carbons (Fsp3) is 0.160. The summed E-state index contributed by atoms with van der Waals surface area (Å²) in [5.41, 5.74) is 2.04. The van der Waals surface area contributed by atoms with Gasteiger partial charge in [0.25, 0.3) is 0 Å². The lowest BCUT2D eigenvalue weighted by atomic mass is 10.0. The van der Waals surface area contributed by atoms with Gasteiger partial charge in [-0.25, -0.2) is 16.8 Å². The first kappa shape index (κ1) is 22.9. The predicted octanol–water partition coefficient (Wildman–Crippen LogP) is 5.28. The van der Waals surface area contributed by atoms with Gasteiger partial charge < -0.3 is 4.74 Å². The molecule has 0 spiro atoms. The largest absolute Gasteiger partial charge is 0.457 e. The quantitative estimate of drug-likeness (QED) is 0.372. The van der Waals surface area contributed by atoms with E-state index >= 15 is 0 Å². The minimum atomic E-state index is -3.44. The van der Waals surface area contributed by atoms with E-state index in [1.54, 1.807) is 56.4 Å². The van der Waals surface area contributed by atoms with Crippen LogP contribution in [0.4, 0.5) is 0 Å². The Bertz CT molecular complexity index is 1560. The van der Waals surface area contributed by atoms with E-state index < -0.39 is 24.9 Å². The summed E-state index contributed by atoms with van der Waals surface area (Å²) in [5.74, 6) is 0.934. The van der Waals surface area contributed by atoms with E-state index in [4.69, 9.17) is 4.74 Å². The van der Waals surface area contributed by atoms with E-state index in [2.05, 4.69) is 4.98 Å². The SMILES string of the molecule is CC(C)S(=O)(=O)c1cccc(Oc2cccc(-c3ccnc4c(S(C)(=O)=O)cccc34)c2)c1. The Morgan fingerprint density at radius 3 is 2.18 bits per heavy atom. The van der Waals surface area contributed by atoms with E-state index in [-0.39, 0.29) is 9.79 Å². The minimum Gasteiger partial charge on any atom is -0.457 e. The molecule has 3 aromatic carbocycles. The standard InChI is InChI=1S/C25H23NO5S2/c1-17(2)33(29,30)21-10-5-9-20(16-21)31-19-8-4-7-18(15-19)22-13-14-26-25-23(22)11-6-12-24(25)32(3,27)28/h4-17H,1-3H3. The number of para-hydroxylation sites is 1. The zero-order chi connectivity index (χ0) is 23.8. The van der Waals surface area contributed by atoms with E-state index in [9.17, 15) is 16.8 Å². The summed E-state index contributed by atoms with van der Waals surface area (Å²) in [6, 6.07) is 20.7. The third-order valence-corrected chi connectivity index (χ3v) is 8.55. The van der Waals surface area contributed by atoms with Crippen LogP contribution in [0.1, 0.15) is 13.8 Å². The van der Waals surface area contributed by atoms with E-state index in [1.165, 1.54) is 6.07 Å². The molecule has 1 heterocycles. The summed E-state index contributed by atoms with van der Waals surface area (Å²) >= 11 is 0. The van der Waals surface area contributed by atoms with Gasteiger partial charge in [0.05, 0.1) is 20.6 Å². The molecular formula is C25H23NO5S2. The molecule has 4 rings (SSSR count). The van der Waals surface area contributed by atoms with Gasteiger partial charge in [0.15, 0.2) is 19.7 Å². The van der Waals surface area contributed by atoms with Crippen molar-refractivity contribution in [3.63, 3.8) is 0 Å². The molecular weight excluding hydrogens is 458 g/mol. The van der Waals surface area contributed by atoms with Gasteiger partial charge in [-0.1, -0.05) is 30.3 Å². The van der Waals surface area contributed by atoms with Crippen molar-refractivity contribution in [2.75, 3.05) is 6.26 Å². The van der Waals surface area contributed by atoms with Gasteiger partial charge in [-0.15, -0.1) is 0 Å². The Balaban J connectivity index is 1.74. The maximum Gasteiger partial charge on any atom is 0.180 e. The summed E-state index contributed by atoms with van der Waals surface area (Å²) in [6.45, 7) is 3.28. The lowest BCUT2D eigenvalue weighted by molar-refractivity contribution is 0.481. The fourth-order valence-electron chi connectivity index (χ4n) is 3.55. The van der Waals surface area contributed by atoms with Crippen LogP contribution in [0.15, 0.2) is 88.8 Å². The average Bonchev–Trinajstić information content (AvgIpc) is 2.78. The maximum absolute atomic E-state index is 12.5. The molecule has 0 amide bonds. The van der Waals surface area contributed by atoms with Crippen molar-refractivity contribution in [3.05, 3.63) is 79.0 Å². The molecule has 0 saturated heterocycles. The van der Waals surface area contributed by atoms with Crippen molar-refractivity contribution in [1.29, 1.82) is 0 Å². The van der Waals surface area contributed by atoms with Crippen LogP contribution in [0.2, 0.25) is 0 Å². The molecule has 0 saturated carbocycles. The van der Waals surface area contributed by atoms with Crippen LogP contribution in [0.25, 0.3) is 22.0 Å². The Kier molecular flexibility index (Phi) is 5.99. The Morgan fingerprint density at radius 2 is 1.48 bits per heavy atom. The zero-order valence-electron chi connectivity index (χ0n) is 18.4. The van der Waals surface area contributed by atoms with Gasteiger partial charge in [0.2, 0.25) is 0 Å². The van der Waals surface area contributed by atoms with Gasteiger partial charge in [-0.05, 0) is 67.4 Å². The third-order valence-electron chi connectivity index (χ3n) is 5.27. The van der Waals surface area contributed by atoms with Crippen LogP contribution >= 0.6 is 0 Å². The van der Waals surface area contributed by atoms with E-state index in [1.807, 2.05) is 30.3 Å². The number of benzene rings is 3. The molecule has 0 unspecified atom stereocenters. The second-order valence-corrected chi connectivity index (χ2v) is 12.5. The van der Waals surface area contributed by atoms with Crippen molar-refractivity contribution in [2.45, 2.75) is 28.9 Å². The summed E-state index contributed by atoms with van der Waals surface area (Å²) < 4.78 is 55.3. The van der Waals surface area contributed by atoms with Gasteiger partial charge >= 0.3 is 0 Å². The van der Waals surface area contributed by atoms with Gasteiger partial charge in [-0.3, -0.25) is 4.98 Å². The number of ether oxygens (including phenoxy) is 1. The first-order valence-corrected chi connectivity index (χ1v) is 13.7. The monoisotopic (exact) mass is 481 g/mol. The molecule has 0 bridgehead atoms. The molecule has 0 aliphatic rings. The number of fused-ring (bicyclic) bond motifs is 1. The van der Waals surface area contributed by atoms with Crippen LogP contribution in [0, 0.1) is 0 Å². The topological polar surface area (TPSA) is 90.4 Å². The number of rotatable bonds is 6. The first-order valence-electron chi connectivity index (χ1n) is 10.3. The van der Waals surface area contributed by atoms with E-state index in [0.29, 0.717) is 22.4 Å². The highest BCUT2D eigenvalue weighted by Crippen LogP contribution is 2.34. The second kappa shape index (κ2) is 8.61. The highest BCUT2D eigenvalue weighted by Gasteiger charge is 2.20. The number of aromatic nitrogens is 1. The summed E-state index contributed by atoms with van der Waals surface area (Å²) in [5, 5.41) is 0.176. The highest BCUT2D eigenvalue weighted by atomic mass is 32.2. The van der Waals surface area contributed by atoms with Crippen molar-refractivity contribution >= 4 is 30.6 Å². The molecule has 4 aromatic rings. The number of sulfone groups is 2. The molecule has 1 aromatic heterocycles. The van der Waals surface area contributed by atoms with Crippen LogP contribution < -0.4 is 4.74 Å². The third kappa shape index (κ3) is 4.62. The molecule has 0 radical (unpaired) electrons. The lowest BCUT2D eigenvalue weighted by Crippen LogP contribution is -2.13. The second-order valence-electron chi connectivity index (χ2n) is 7.98. The van der Waals surface area contributed by atoms with Crippen LogP contribution in [-0.4, -0.2) is 33.3 Å². The summed E-state index contributed by atoms with van der Waals surface area (Å²) in [4.78, 5) is 4.69. The van der Waals surface area contributed by atoms with Crippen LogP contribution in [0.5, 0.6) is 11.5 Å². The molecule has 0 aliphatic carbocycles. The number of hydrogen-bond donors (Lipinski definition) is 0. The Labute approximate surface area is 193 Å². The van der Waals surface area contributed by atoms with Gasteiger partial charge in [-0.2, -0.15) is 0 Å². The predicted molar refractivity (Wildman–Crippen MR) is 129 cm³/mol. The highest BCUT2D eigenvalue weighted by molar-refractivity contribution is 7.92. The normalized spacial score (nSPS) is 12.2. The van der Waals surface area contributed by atoms with Crippen molar-refractivity contribution in [3.8, 4) is 22.6 Å². The lowest BCUT2D eigenvalue weighted by Gasteiger charge is -2.12. The number of pyridine rings is 1. The maximum atomic E-state index is 12.5. The summed E-state index contributed by atoms with van der Waals surface area (Å²) in [7, 11) is -6.86. The molecule has 0 fully saturated rings. The Hall–Kier alpha value is -3.23. The van der Waals surface area contributed by atoms with Gasteiger partial charge in [0.1, 0.15) is 11.5 Å². The number of nitrogens with zero attached hydrogens (tertiary/aromatic N) is 1. The van der Waals surface area contributed by atoms with Gasteiger partial charge in [0, 0.05) is 17.8 Å². The minimum absolute atomic E-state index is 0.178. The van der Waals surface area contributed by atoms with E-state index in [0.717, 1.165) is 17.4 Å². The van der Waals surface area contributed by atoms with Crippen molar-refractivity contribution in [1.82, 2.24) is 4.98 Å². The smallest absolute Gasteiger partial charge is 0.180 e. The first-order chi connectivity index (χ1) is 15.6. The molecule has 0 atom stereocenters. The Morgan fingerprint density at radius 1 is 0.818 bits per heavy atom. The number of hydrogen-bond acceptors (Lipinski definition) is 6. The van der Waals surface area contributed by atoms with Crippen molar-refractivity contribution < 1.29 is 21.6 Å². The molecule has 0 aliphatic heterocycles. The molecule has 8 heteroatoms.